The maximum absolute atomic E-state index is 13.9. The van der Waals surface area contributed by atoms with E-state index in [2.05, 4.69) is 24.9 Å². The number of nitrogens with two attached hydrogens (primary N) is 1. The summed E-state index contributed by atoms with van der Waals surface area (Å²) in [7, 11) is 0. The molecule has 3 aromatic heterocycles. The fraction of sp³-hybridized carbons (Fsp3) is 0.200. The quantitative estimate of drug-likeness (QED) is 0.144. The average Bonchev–Trinajstić information content (AvgIpc) is 3.52. The van der Waals surface area contributed by atoms with Crippen LogP contribution < -0.4 is 11.4 Å². The number of esters is 1. The lowest BCUT2D eigenvalue weighted by Crippen LogP contribution is -2.40. The van der Waals surface area contributed by atoms with Gasteiger partial charge in [0.2, 0.25) is 11.9 Å². The van der Waals surface area contributed by atoms with Crippen molar-refractivity contribution >= 4 is 29.4 Å². The van der Waals surface area contributed by atoms with Gasteiger partial charge in [0.25, 0.3) is 5.91 Å². The molecule has 46 heavy (non-hydrogen) atoms. The Labute approximate surface area is 256 Å². The van der Waals surface area contributed by atoms with Crippen LogP contribution in [0.3, 0.4) is 0 Å². The fourth-order valence-corrected chi connectivity index (χ4v) is 3.99. The number of primary amides is 1. The van der Waals surface area contributed by atoms with Gasteiger partial charge in [0, 0.05) is 28.9 Å². The summed E-state index contributed by atoms with van der Waals surface area (Å²) in [6.07, 6.45) is -11.7. The Balaban J connectivity index is 1.80. The molecule has 1 aromatic carbocycles. The predicted octanol–water partition coefficient (Wildman–Crippen LogP) is 2.62. The van der Waals surface area contributed by atoms with Crippen LogP contribution in [0.5, 0.6) is 0 Å². The molecule has 0 saturated carbocycles. The van der Waals surface area contributed by atoms with E-state index >= 15 is 0 Å². The summed E-state index contributed by atoms with van der Waals surface area (Å²) in [6, 6.07) is 6.89. The first kappa shape index (κ1) is 33.4. The molecule has 3 heterocycles. The Bertz CT molecular complexity index is 1880. The minimum atomic E-state index is -5.26. The highest BCUT2D eigenvalue weighted by atomic mass is 35.5. The number of carbonyl (C=O) groups is 3. The number of carbonyl (C=O) groups excluding carboxylic acids is 2. The van der Waals surface area contributed by atoms with Crippen molar-refractivity contribution in [2.24, 2.45) is 5.73 Å². The average molecular weight is 675 g/mol. The van der Waals surface area contributed by atoms with E-state index in [0.717, 1.165) is 12.3 Å². The Morgan fingerprint density at radius 1 is 1.04 bits per heavy atom. The van der Waals surface area contributed by atoms with E-state index in [1.165, 1.54) is 24.3 Å². The van der Waals surface area contributed by atoms with Crippen molar-refractivity contribution in [3.05, 3.63) is 87.5 Å². The number of rotatable bonds is 10. The number of carboxylic acid groups (broad SMARTS) is 1. The lowest BCUT2D eigenvalue weighted by Gasteiger charge is -2.20. The number of ether oxygens (including phenoxy) is 1. The van der Waals surface area contributed by atoms with Gasteiger partial charge in [-0.15, -0.1) is 10.2 Å². The van der Waals surface area contributed by atoms with E-state index in [1.54, 1.807) is 0 Å². The number of aliphatic carboxylic acids is 1. The van der Waals surface area contributed by atoms with Crippen LogP contribution in [-0.2, 0) is 33.6 Å². The summed E-state index contributed by atoms with van der Waals surface area (Å²) in [4.78, 5) is 55.4. The Morgan fingerprint density at radius 2 is 1.72 bits per heavy atom. The molecule has 0 fully saturated rings. The number of halogens is 7. The maximum atomic E-state index is 13.9. The molecule has 0 unspecified atom stereocenters. The van der Waals surface area contributed by atoms with Crippen LogP contribution in [0.4, 0.5) is 26.3 Å². The van der Waals surface area contributed by atoms with Gasteiger partial charge in [-0.1, -0.05) is 11.6 Å². The molecular weight excluding hydrogens is 658 g/mol. The molecule has 0 saturated heterocycles. The van der Waals surface area contributed by atoms with E-state index < -0.39 is 83.9 Å². The Kier molecular flexibility index (Phi) is 9.31. The molecule has 242 valence electrons. The normalized spacial score (nSPS) is 12.8. The van der Waals surface area contributed by atoms with Crippen LogP contribution in [0.15, 0.2) is 59.5 Å². The monoisotopic (exact) mass is 674 g/mol. The third kappa shape index (κ3) is 7.57. The highest BCUT2D eigenvalue weighted by Gasteiger charge is 2.44. The lowest BCUT2D eigenvalue weighted by atomic mass is 10.2. The molecule has 0 radical (unpaired) electrons. The lowest BCUT2D eigenvalue weighted by molar-refractivity contribution is -0.221. The number of benzene rings is 1. The summed E-state index contributed by atoms with van der Waals surface area (Å²) in [5, 5.41) is 16.7. The second-order valence-electron chi connectivity index (χ2n) is 9.02. The smallest absolute Gasteiger partial charge is 0.427 e. The molecule has 0 bridgehead atoms. The van der Waals surface area contributed by atoms with Gasteiger partial charge in [0.1, 0.15) is 12.1 Å². The van der Waals surface area contributed by atoms with Crippen molar-refractivity contribution < 1.29 is 50.6 Å². The molecule has 3 N–H and O–H groups in total. The number of amides is 1. The topological polar surface area (TPSA) is 190 Å². The highest BCUT2D eigenvalue weighted by molar-refractivity contribution is 6.30. The first-order chi connectivity index (χ1) is 21.5. The van der Waals surface area contributed by atoms with E-state index in [0.29, 0.717) is 20.0 Å². The van der Waals surface area contributed by atoms with Gasteiger partial charge >= 0.3 is 30.0 Å². The van der Waals surface area contributed by atoms with Gasteiger partial charge in [0.05, 0.1) is 6.54 Å². The van der Waals surface area contributed by atoms with Crippen molar-refractivity contribution in [3.8, 4) is 17.2 Å². The minimum Gasteiger partial charge on any atom is -0.478 e. The molecule has 21 heteroatoms. The van der Waals surface area contributed by atoms with Gasteiger partial charge in [-0.2, -0.15) is 31.0 Å². The van der Waals surface area contributed by atoms with Gasteiger partial charge in [-0.25, -0.2) is 29.0 Å². The zero-order chi connectivity index (χ0) is 34.0. The van der Waals surface area contributed by atoms with Crippen LogP contribution in [-0.4, -0.2) is 69.3 Å². The van der Waals surface area contributed by atoms with Crippen LogP contribution >= 0.6 is 11.6 Å². The van der Waals surface area contributed by atoms with E-state index in [4.69, 9.17) is 22.4 Å². The summed E-state index contributed by atoms with van der Waals surface area (Å²) in [5.74, 6) is -7.27. The number of pyridine rings is 1. The molecule has 4 aromatic rings. The van der Waals surface area contributed by atoms with Gasteiger partial charge in [0.15, 0.2) is 17.5 Å². The second-order valence-corrected chi connectivity index (χ2v) is 9.46. The van der Waals surface area contributed by atoms with Crippen LogP contribution in [0.1, 0.15) is 22.0 Å². The van der Waals surface area contributed by atoms with Crippen molar-refractivity contribution in [2.75, 3.05) is 0 Å². The summed E-state index contributed by atoms with van der Waals surface area (Å²) in [5.41, 5.74) is 2.76. The number of hydrogen-bond acceptors (Lipinski definition) is 9. The molecule has 0 aliphatic heterocycles. The number of aromatic nitrogens is 7. The van der Waals surface area contributed by atoms with Gasteiger partial charge in [-0.05, 0) is 36.4 Å². The fourth-order valence-electron chi connectivity index (χ4n) is 3.86. The van der Waals surface area contributed by atoms with E-state index in [9.17, 15) is 45.5 Å². The van der Waals surface area contributed by atoms with E-state index in [1.807, 2.05) is 0 Å². The second kappa shape index (κ2) is 12.8. The van der Waals surface area contributed by atoms with Crippen LogP contribution in [0.25, 0.3) is 17.2 Å². The number of nitrogens with zero attached hydrogens (tertiary/aromatic N) is 7. The maximum Gasteiger partial charge on any atom is 0.427 e. The molecule has 0 aliphatic rings. The molecular formula is C25H17ClF6N8O6. The third-order valence-corrected chi connectivity index (χ3v) is 6.07. The summed E-state index contributed by atoms with van der Waals surface area (Å²) in [6.45, 7) is -2.17. The van der Waals surface area contributed by atoms with Crippen LogP contribution in [0, 0.1) is 0 Å². The van der Waals surface area contributed by atoms with Crippen molar-refractivity contribution in [2.45, 2.75) is 31.5 Å². The molecule has 14 nitrogen and oxygen atoms in total. The van der Waals surface area contributed by atoms with Gasteiger partial charge < -0.3 is 15.6 Å². The molecule has 4 rings (SSSR count). The third-order valence-electron chi connectivity index (χ3n) is 5.81. The highest BCUT2D eigenvalue weighted by Crippen LogP contribution is 2.33. The predicted molar refractivity (Wildman–Crippen MR) is 141 cm³/mol. The number of carboxylic acids is 1. The minimum absolute atomic E-state index is 0.0536. The SMILES string of the molecule is NC(=O)c1nc(Cn2nc(-c3ccc(Cl)cc3)n(C[C@H](OC(=O)/C=C/C(=O)O)C(F)(F)F)c2=O)nn1-c1ncccc1C(F)(F)F. The molecule has 0 spiro atoms. The van der Waals surface area contributed by atoms with E-state index in [-0.39, 0.29) is 22.7 Å². The zero-order valence-electron chi connectivity index (χ0n) is 22.5. The zero-order valence-corrected chi connectivity index (χ0v) is 23.3. The number of alkyl halides is 6. The molecule has 0 aliphatic carbocycles. The Hall–Kier alpha value is -5.53. The number of hydrogen-bond donors (Lipinski definition) is 2. The van der Waals surface area contributed by atoms with Crippen molar-refractivity contribution in [3.63, 3.8) is 0 Å². The van der Waals surface area contributed by atoms with Crippen molar-refractivity contribution in [1.82, 2.24) is 34.1 Å². The van der Waals surface area contributed by atoms with Gasteiger partial charge in [-0.3, -0.25) is 9.36 Å². The largest absolute Gasteiger partial charge is 0.478 e. The van der Waals surface area contributed by atoms with Crippen LogP contribution in [0.2, 0.25) is 5.02 Å². The molecule has 1 atom stereocenters. The standard InChI is InChI=1S/C25H17ClF6N8O6/c26-13-5-3-12(4-6-13)20-37-39(23(45)38(20)10-15(25(30,31)32)46-18(43)8-7-17(41)42)11-16-35-22(19(33)44)40(36-16)21-14(24(27,28)29)2-1-9-34-21/h1-9,15H,10-11H2,(H2,33,44)(H,41,42)/b8-7+/t15-/m0/s1. The first-order valence-electron chi connectivity index (χ1n) is 12.4. The molecule has 1 amide bonds. The summed E-state index contributed by atoms with van der Waals surface area (Å²) >= 11 is 5.89. The first-order valence-corrected chi connectivity index (χ1v) is 12.7. The summed E-state index contributed by atoms with van der Waals surface area (Å²) < 4.78 is 88.4. The van der Waals surface area contributed by atoms with Crippen molar-refractivity contribution in [1.29, 1.82) is 0 Å². The Morgan fingerprint density at radius 3 is 2.30 bits per heavy atom.